The molecule has 0 saturated carbocycles. The van der Waals surface area contributed by atoms with Crippen molar-refractivity contribution >= 4 is 17.6 Å². The van der Waals surface area contributed by atoms with Crippen molar-refractivity contribution in [3.05, 3.63) is 90.2 Å². The molecule has 0 saturated heterocycles. The zero-order valence-corrected chi connectivity index (χ0v) is 14.7. The molecule has 3 aromatic carbocycles. The van der Waals surface area contributed by atoms with E-state index in [1.165, 1.54) is 19.1 Å². The van der Waals surface area contributed by atoms with E-state index in [4.69, 9.17) is 4.74 Å². The van der Waals surface area contributed by atoms with Crippen LogP contribution in [0.5, 0.6) is 0 Å². The monoisotopic (exact) mass is 363 g/mol. The van der Waals surface area contributed by atoms with Crippen LogP contribution in [0.3, 0.4) is 0 Å². The first-order valence-electron chi connectivity index (χ1n) is 8.46. The smallest absolute Gasteiger partial charge is 0.338 e. The number of amides is 1. The van der Waals surface area contributed by atoms with Gasteiger partial charge in [-0.1, -0.05) is 48.5 Å². The highest BCUT2D eigenvalue weighted by Crippen LogP contribution is 2.27. The molecule has 27 heavy (non-hydrogen) atoms. The lowest BCUT2D eigenvalue weighted by Gasteiger charge is -2.16. The van der Waals surface area contributed by atoms with Crippen LogP contribution in [0.15, 0.2) is 78.9 Å². The lowest BCUT2D eigenvalue weighted by Crippen LogP contribution is -2.30. The highest BCUT2D eigenvalue weighted by atomic mass is 19.1. The predicted molar refractivity (Wildman–Crippen MR) is 102 cm³/mol. The van der Waals surface area contributed by atoms with Gasteiger partial charge in [0.15, 0.2) is 6.10 Å². The fourth-order valence-corrected chi connectivity index (χ4v) is 2.56. The number of carbonyl (C=O) groups excluding carboxylic acids is 2. The number of ether oxygens (including phenoxy) is 1. The third kappa shape index (κ3) is 4.58. The second-order valence-electron chi connectivity index (χ2n) is 5.96. The normalized spacial score (nSPS) is 11.5. The summed E-state index contributed by atoms with van der Waals surface area (Å²) in [4.78, 5) is 24.6. The number of halogens is 1. The Morgan fingerprint density at radius 1 is 0.889 bits per heavy atom. The molecule has 0 heterocycles. The van der Waals surface area contributed by atoms with Crippen LogP contribution in [0.4, 0.5) is 10.1 Å². The van der Waals surface area contributed by atoms with Crippen molar-refractivity contribution in [2.75, 3.05) is 5.32 Å². The van der Waals surface area contributed by atoms with Crippen LogP contribution in [0.1, 0.15) is 17.3 Å². The van der Waals surface area contributed by atoms with Gasteiger partial charge in [-0.25, -0.2) is 9.18 Å². The molecule has 1 N–H and O–H groups in total. The Bertz CT molecular complexity index is 939. The van der Waals surface area contributed by atoms with Crippen molar-refractivity contribution < 1.29 is 18.7 Å². The van der Waals surface area contributed by atoms with Gasteiger partial charge in [0.2, 0.25) is 0 Å². The van der Waals surface area contributed by atoms with Crippen LogP contribution in [0.25, 0.3) is 11.1 Å². The number of hydrogen-bond acceptors (Lipinski definition) is 3. The Hall–Kier alpha value is -3.47. The van der Waals surface area contributed by atoms with Gasteiger partial charge in [0.25, 0.3) is 5.91 Å². The minimum Gasteiger partial charge on any atom is -0.449 e. The minimum atomic E-state index is -1.01. The van der Waals surface area contributed by atoms with E-state index in [2.05, 4.69) is 5.32 Å². The number of carbonyl (C=O) groups is 2. The first kappa shape index (κ1) is 18.3. The quantitative estimate of drug-likeness (QED) is 0.670. The van der Waals surface area contributed by atoms with E-state index < -0.39 is 23.8 Å². The molecular formula is C22H18FNO3. The molecule has 0 fully saturated rings. The maximum absolute atomic E-state index is 12.9. The summed E-state index contributed by atoms with van der Waals surface area (Å²) in [5, 5.41) is 2.80. The Balaban J connectivity index is 1.70. The second-order valence-corrected chi connectivity index (χ2v) is 5.96. The van der Waals surface area contributed by atoms with E-state index in [1.807, 2.05) is 48.5 Å². The minimum absolute atomic E-state index is 0.181. The summed E-state index contributed by atoms with van der Waals surface area (Å²) in [5.41, 5.74) is 2.63. The maximum atomic E-state index is 12.9. The van der Waals surface area contributed by atoms with Gasteiger partial charge in [-0.15, -0.1) is 0 Å². The molecule has 3 aromatic rings. The summed E-state index contributed by atoms with van der Waals surface area (Å²) in [5.74, 6) is -1.59. The van der Waals surface area contributed by atoms with Gasteiger partial charge in [-0.3, -0.25) is 4.79 Å². The third-order valence-corrected chi connectivity index (χ3v) is 4.00. The van der Waals surface area contributed by atoms with E-state index in [1.54, 1.807) is 6.07 Å². The Morgan fingerprint density at radius 2 is 1.52 bits per heavy atom. The van der Waals surface area contributed by atoms with E-state index in [0.717, 1.165) is 23.3 Å². The topological polar surface area (TPSA) is 55.4 Å². The number of nitrogens with one attached hydrogen (secondary N) is 1. The van der Waals surface area contributed by atoms with E-state index in [9.17, 15) is 14.0 Å². The molecule has 1 atom stereocenters. The van der Waals surface area contributed by atoms with Gasteiger partial charge in [0.05, 0.1) is 5.56 Å². The number of esters is 1. The number of hydrogen-bond donors (Lipinski definition) is 1. The molecule has 0 aliphatic rings. The predicted octanol–water partition coefficient (Wildman–Crippen LogP) is 4.68. The van der Waals surface area contributed by atoms with Crippen LogP contribution in [-0.4, -0.2) is 18.0 Å². The van der Waals surface area contributed by atoms with Crippen molar-refractivity contribution in [1.29, 1.82) is 0 Å². The summed E-state index contributed by atoms with van der Waals surface area (Å²) < 4.78 is 18.1. The maximum Gasteiger partial charge on any atom is 0.338 e. The zero-order valence-electron chi connectivity index (χ0n) is 14.7. The molecule has 5 heteroatoms. The van der Waals surface area contributed by atoms with Gasteiger partial charge in [0.1, 0.15) is 5.82 Å². The second kappa shape index (κ2) is 8.27. The fourth-order valence-electron chi connectivity index (χ4n) is 2.56. The average molecular weight is 363 g/mol. The highest BCUT2D eigenvalue weighted by Gasteiger charge is 2.20. The molecule has 0 unspecified atom stereocenters. The number of benzene rings is 3. The number of rotatable bonds is 5. The standard InChI is InChI=1S/C22H18FNO3/c1-15(27-22(26)17-11-13-18(23)14-12-17)21(25)24-20-10-6-5-9-19(20)16-7-3-2-4-8-16/h2-15H,1H3,(H,24,25)/t15-/m0/s1. The number of para-hydroxylation sites is 1. The molecule has 0 aliphatic heterocycles. The molecular weight excluding hydrogens is 345 g/mol. The largest absolute Gasteiger partial charge is 0.449 e. The lowest BCUT2D eigenvalue weighted by atomic mass is 10.0. The van der Waals surface area contributed by atoms with Gasteiger partial charge < -0.3 is 10.1 Å². The van der Waals surface area contributed by atoms with Crippen LogP contribution in [0, 0.1) is 5.82 Å². The number of anilines is 1. The molecule has 136 valence electrons. The van der Waals surface area contributed by atoms with Crippen molar-refractivity contribution in [2.45, 2.75) is 13.0 Å². The molecule has 0 aliphatic carbocycles. The average Bonchev–Trinajstić information content (AvgIpc) is 2.69. The van der Waals surface area contributed by atoms with Gasteiger partial charge in [-0.2, -0.15) is 0 Å². The molecule has 0 bridgehead atoms. The summed E-state index contributed by atoms with van der Waals surface area (Å²) >= 11 is 0. The zero-order chi connectivity index (χ0) is 19.2. The van der Waals surface area contributed by atoms with E-state index in [-0.39, 0.29) is 5.56 Å². The van der Waals surface area contributed by atoms with Crippen molar-refractivity contribution in [3.8, 4) is 11.1 Å². The summed E-state index contributed by atoms with van der Waals surface area (Å²) in [6.45, 7) is 1.49. The van der Waals surface area contributed by atoms with Gasteiger partial charge in [0, 0.05) is 11.3 Å². The Labute approximate surface area is 156 Å². The summed E-state index contributed by atoms with van der Waals surface area (Å²) in [6, 6.07) is 22.0. The first-order chi connectivity index (χ1) is 13.0. The Morgan fingerprint density at radius 3 is 2.22 bits per heavy atom. The highest BCUT2D eigenvalue weighted by molar-refractivity contribution is 5.99. The molecule has 0 radical (unpaired) electrons. The Kier molecular flexibility index (Phi) is 5.61. The van der Waals surface area contributed by atoms with E-state index in [0.29, 0.717) is 5.69 Å². The van der Waals surface area contributed by atoms with E-state index >= 15 is 0 Å². The van der Waals surface area contributed by atoms with Crippen molar-refractivity contribution in [1.82, 2.24) is 0 Å². The van der Waals surface area contributed by atoms with Gasteiger partial charge in [-0.05, 0) is 42.8 Å². The lowest BCUT2D eigenvalue weighted by molar-refractivity contribution is -0.123. The molecule has 0 spiro atoms. The van der Waals surface area contributed by atoms with Crippen LogP contribution >= 0.6 is 0 Å². The molecule has 1 amide bonds. The van der Waals surface area contributed by atoms with Crippen LogP contribution < -0.4 is 5.32 Å². The fraction of sp³-hybridized carbons (Fsp3) is 0.0909. The van der Waals surface area contributed by atoms with Crippen LogP contribution in [-0.2, 0) is 9.53 Å². The molecule has 4 nitrogen and oxygen atoms in total. The molecule has 3 rings (SSSR count). The first-order valence-corrected chi connectivity index (χ1v) is 8.46. The van der Waals surface area contributed by atoms with Crippen LogP contribution in [0.2, 0.25) is 0 Å². The van der Waals surface area contributed by atoms with Gasteiger partial charge >= 0.3 is 5.97 Å². The van der Waals surface area contributed by atoms with Crippen molar-refractivity contribution in [3.63, 3.8) is 0 Å². The summed E-state index contributed by atoms with van der Waals surface area (Å²) in [6.07, 6.45) is -1.01. The summed E-state index contributed by atoms with van der Waals surface area (Å²) in [7, 11) is 0. The SMILES string of the molecule is C[C@H](OC(=O)c1ccc(F)cc1)C(=O)Nc1ccccc1-c1ccccc1. The third-order valence-electron chi connectivity index (χ3n) is 4.00. The van der Waals surface area contributed by atoms with Crippen molar-refractivity contribution in [2.24, 2.45) is 0 Å². The molecule has 0 aromatic heterocycles.